The number of halogens is 3. The van der Waals surface area contributed by atoms with Gasteiger partial charge in [-0.25, -0.2) is 0 Å². The normalized spacial score (nSPS) is 28.3. The molecule has 8 heteroatoms. The van der Waals surface area contributed by atoms with E-state index in [-0.39, 0.29) is 23.2 Å². The van der Waals surface area contributed by atoms with Crippen LogP contribution in [-0.2, 0) is 6.18 Å². The lowest BCUT2D eigenvalue weighted by Crippen LogP contribution is -2.30. The fraction of sp³-hybridized carbons (Fsp3) is 0.625. The van der Waals surface area contributed by atoms with Crippen LogP contribution < -0.4 is 5.32 Å². The third-order valence-corrected chi connectivity index (χ3v) is 7.14. The minimum absolute atomic E-state index is 0.0863. The van der Waals surface area contributed by atoms with Crippen LogP contribution in [-0.4, -0.2) is 45.7 Å². The zero-order valence-corrected chi connectivity index (χ0v) is 18.0. The molecule has 2 atom stereocenters. The van der Waals surface area contributed by atoms with Crippen LogP contribution in [0, 0.1) is 17.8 Å². The molecule has 3 fully saturated rings. The van der Waals surface area contributed by atoms with E-state index in [4.69, 9.17) is 2.74 Å². The standard InChI is InChI=1S/C24H30F3N5/c25-24(26,27)21-8-9-28-12-20(21)22-6-7-23(31-30-22)29-19-10-17-14-32(15-18(17)11-19)13-16-4-2-1-3-5-16/h6-9,12,16-19H,1-5,10-11,13-15H2,(H,29,31)/i13D2. The van der Waals surface area contributed by atoms with Gasteiger partial charge in [0, 0.05) is 46.3 Å². The number of hydrogen-bond acceptors (Lipinski definition) is 5. The summed E-state index contributed by atoms with van der Waals surface area (Å²) in [7, 11) is 0. The van der Waals surface area contributed by atoms with E-state index < -0.39 is 18.2 Å². The molecule has 5 nitrogen and oxygen atoms in total. The van der Waals surface area contributed by atoms with Gasteiger partial charge in [-0.2, -0.15) is 13.2 Å². The van der Waals surface area contributed by atoms with Crippen LogP contribution in [0.15, 0.2) is 30.6 Å². The summed E-state index contributed by atoms with van der Waals surface area (Å²) in [6, 6.07) is 4.36. The molecule has 0 radical (unpaired) electrons. The van der Waals surface area contributed by atoms with Crippen molar-refractivity contribution in [3.8, 4) is 11.3 Å². The summed E-state index contributed by atoms with van der Waals surface area (Å²) >= 11 is 0. The summed E-state index contributed by atoms with van der Waals surface area (Å²) in [6.07, 6.45) is 5.13. The van der Waals surface area contributed by atoms with Gasteiger partial charge in [0.25, 0.3) is 0 Å². The molecule has 172 valence electrons. The highest BCUT2D eigenvalue weighted by Crippen LogP contribution is 2.40. The minimum Gasteiger partial charge on any atom is -0.366 e. The predicted molar refractivity (Wildman–Crippen MR) is 117 cm³/mol. The van der Waals surface area contributed by atoms with E-state index in [1.807, 2.05) is 0 Å². The van der Waals surface area contributed by atoms with Crippen molar-refractivity contribution in [1.82, 2.24) is 20.1 Å². The average molecular weight is 448 g/mol. The van der Waals surface area contributed by atoms with Crippen LogP contribution in [0.5, 0.6) is 0 Å². The van der Waals surface area contributed by atoms with Crippen molar-refractivity contribution in [2.75, 3.05) is 24.9 Å². The van der Waals surface area contributed by atoms with E-state index in [0.29, 0.717) is 17.7 Å². The summed E-state index contributed by atoms with van der Waals surface area (Å²) in [5.41, 5.74) is -0.731. The summed E-state index contributed by atoms with van der Waals surface area (Å²) in [6.45, 7) is 0.354. The Kier molecular flexibility index (Phi) is 5.40. The maximum Gasteiger partial charge on any atom is 0.417 e. The molecule has 32 heavy (non-hydrogen) atoms. The Bertz CT molecular complexity index is 981. The largest absolute Gasteiger partial charge is 0.417 e. The highest BCUT2D eigenvalue weighted by Gasteiger charge is 2.41. The number of rotatable bonds is 5. The van der Waals surface area contributed by atoms with Crippen LogP contribution >= 0.6 is 0 Å². The van der Waals surface area contributed by atoms with E-state index in [1.165, 1.54) is 12.5 Å². The maximum atomic E-state index is 13.3. The molecule has 0 spiro atoms. The molecule has 2 unspecified atom stereocenters. The highest BCUT2D eigenvalue weighted by molar-refractivity contribution is 5.63. The monoisotopic (exact) mass is 447 g/mol. The Balaban J connectivity index is 1.19. The maximum absolute atomic E-state index is 13.3. The fourth-order valence-corrected chi connectivity index (χ4v) is 5.62. The zero-order valence-electron chi connectivity index (χ0n) is 20.0. The molecular weight excluding hydrogens is 415 g/mol. The minimum atomic E-state index is -4.49. The number of nitrogens with zero attached hydrogens (tertiary/aromatic N) is 4. The van der Waals surface area contributed by atoms with Gasteiger partial charge < -0.3 is 10.2 Å². The van der Waals surface area contributed by atoms with E-state index in [9.17, 15) is 13.2 Å². The van der Waals surface area contributed by atoms with E-state index in [2.05, 4.69) is 25.4 Å². The number of pyridine rings is 1. The summed E-state index contributed by atoms with van der Waals surface area (Å²) < 4.78 is 57.4. The lowest BCUT2D eigenvalue weighted by Gasteiger charge is -2.27. The van der Waals surface area contributed by atoms with E-state index in [0.717, 1.165) is 70.1 Å². The summed E-state index contributed by atoms with van der Waals surface area (Å²) in [5, 5.41) is 11.5. The van der Waals surface area contributed by atoms with Crippen molar-refractivity contribution in [2.45, 2.75) is 57.2 Å². The first-order chi connectivity index (χ1) is 16.2. The van der Waals surface area contributed by atoms with Crippen LogP contribution in [0.3, 0.4) is 0 Å². The second kappa shape index (κ2) is 8.96. The Morgan fingerprint density at radius 2 is 1.78 bits per heavy atom. The van der Waals surface area contributed by atoms with Gasteiger partial charge in [0.05, 0.1) is 11.3 Å². The first-order valence-corrected chi connectivity index (χ1v) is 11.6. The molecule has 2 aromatic rings. The van der Waals surface area contributed by atoms with Crippen LogP contribution in [0.1, 0.15) is 53.3 Å². The lowest BCUT2D eigenvalue weighted by molar-refractivity contribution is -0.137. The molecule has 1 saturated heterocycles. The number of nitrogens with one attached hydrogen (secondary N) is 1. The van der Waals surface area contributed by atoms with Gasteiger partial charge in [0.2, 0.25) is 0 Å². The molecule has 2 aromatic heterocycles. The van der Waals surface area contributed by atoms with Crippen molar-refractivity contribution >= 4 is 5.82 Å². The van der Waals surface area contributed by atoms with E-state index in [1.54, 1.807) is 6.07 Å². The van der Waals surface area contributed by atoms with Gasteiger partial charge in [-0.05, 0) is 61.6 Å². The number of alkyl halides is 3. The molecular formula is C24H30F3N5. The van der Waals surface area contributed by atoms with Gasteiger partial charge in [-0.1, -0.05) is 19.3 Å². The highest BCUT2D eigenvalue weighted by atomic mass is 19.4. The number of fused-ring (bicyclic) bond motifs is 1. The van der Waals surface area contributed by atoms with Crippen molar-refractivity contribution in [1.29, 1.82) is 0 Å². The third-order valence-electron chi connectivity index (χ3n) is 7.14. The van der Waals surface area contributed by atoms with Gasteiger partial charge in [0.15, 0.2) is 0 Å². The molecule has 0 bridgehead atoms. The SMILES string of the molecule is [2H]C([2H])(C1CCCCC1)N1CC2CC(Nc3ccc(-c4cnccc4C(F)(F)F)nn3)CC2C1. The first kappa shape index (κ1) is 19.3. The summed E-state index contributed by atoms with van der Waals surface area (Å²) in [4.78, 5) is 5.89. The van der Waals surface area contributed by atoms with Crippen LogP contribution in [0.2, 0.25) is 0 Å². The quantitative estimate of drug-likeness (QED) is 0.678. The number of hydrogen-bond donors (Lipinski definition) is 1. The molecule has 0 aromatic carbocycles. The van der Waals surface area contributed by atoms with Gasteiger partial charge in [0.1, 0.15) is 5.82 Å². The van der Waals surface area contributed by atoms with Gasteiger partial charge in [-0.3, -0.25) is 4.98 Å². The molecule has 1 N–H and O–H groups in total. The van der Waals surface area contributed by atoms with Gasteiger partial charge in [-0.15, -0.1) is 10.2 Å². The summed E-state index contributed by atoms with van der Waals surface area (Å²) in [5.74, 6) is 1.59. The third kappa shape index (κ3) is 4.75. The first-order valence-electron chi connectivity index (χ1n) is 12.6. The number of aromatic nitrogens is 3. The zero-order chi connectivity index (χ0) is 23.9. The predicted octanol–water partition coefficient (Wildman–Crippen LogP) is 5.26. The van der Waals surface area contributed by atoms with Crippen LogP contribution in [0.25, 0.3) is 11.3 Å². The van der Waals surface area contributed by atoms with Gasteiger partial charge >= 0.3 is 6.18 Å². The number of likely N-dealkylation sites (tertiary alicyclic amines) is 1. The second-order valence-electron chi connectivity index (χ2n) is 9.42. The topological polar surface area (TPSA) is 53.9 Å². The molecule has 2 saturated carbocycles. The smallest absolute Gasteiger partial charge is 0.366 e. The second-order valence-corrected chi connectivity index (χ2v) is 9.42. The Morgan fingerprint density at radius 3 is 2.44 bits per heavy atom. The van der Waals surface area contributed by atoms with Crippen molar-refractivity contribution in [3.05, 3.63) is 36.2 Å². The molecule has 1 aliphatic heterocycles. The fourth-order valence-electron chi connectivity index (χ4n) is 5.62. The van der Waals surface area contributed by atoms with E-state index >= 15 is 0 Å². The Hall–Kier alpha value is -2.22. The molecule has 3 heterocycles. The Morgan fingerprint density at radius 1 is 1.03 bits per heavy atom. The Labute approximate surface area is 189 Å². The molecule has 2 aliphatic carbocycles. The van der Waals surface area contributed by atoms with Crippen molar-refractivity contribution in [3.63, 3.8) is 0 Å². The molecule has 0 amide bonds. The van der Waals surface area contributed by atoms with Crippen LogP contribution in [0.4, 0.5) is 19.0 Å². The lowest BCUT2D eigenvalue weighted by atomic mass is 9.89. The molecule has 5 rings (SSSR count). The average Bonchev–Trinajstić information content (AvgIpc) is 3.39. The van der Waals surface area contributed by atoms with Crippen molar-refractivity contribution in [2.24, 2.45) is 17.8 Å². The van der Waals surface area contributed by atoms with Crippen molar-refractivity contribution < 1.29 is 15.9 Å². The molecule has 3 aliphatic rings. The number of anilines is 1.